The molecule has 0 bridgehead atoms. The Morgan fingerprint density at radius 1 is 1.50 bits per heavy atom. The van der Waals surface area contributed by atoms with Gasteiger partial charge in [0.05, 0.1) is 6.10 Å². The summed E-state index contributed by atoms with van der Waals surface area (Å²) in [7, 11) is 2.00. The van der Waals surface area contributed by atoms with Gasteiger partial charge < -0.3 is 10.4 Å². The third kappa shape index (κ3) is 2.44. The van der Waals surface area contributed by atoms with Gasteiger partial charge in [0.1, 0.15) is 0 Å². The fraction of sp³-hybridized carbons (Fsp3) is 1.00. The average molecular weight is 172 g/mol. The summed E-state index contributed by atoms with van der Waals surface area (Å²) in [6, 6.07) is 0.553. The number of nitrogens with zero attached hydrogens (tertiary/aromatic N) is 1. The standard InChI is InChI=1S/C9H20N2O/c1-7(2)9(10-3)6-11-4-8(12)5-11/h7-10,12H,4-6H2,1-3H3/t9-/m1/s1. The van der Waals surface area contributed by atoms with Crippen molar-refractivity contribution < 1.29 is 5.11 Å². The SMILES string of the molecule is CN[C@H](CN1CC(O)C1)C(C)C. The lowest BCUT2D eigenvalue weighted by molar-refractivity contribution is -0.00519. The molecule has 12 heavy (non-hydrogen) atoms. The van der Waals surface area contributed by atoms with Crippen LogP contribution in [-0.4, -0.2) is 48.8 Å². The van der Waals surface area contributed by atoms with Crippen LogP contribution in [0.3, 0.4) is 0 Å². The van der Waals surface area contributed by atoms with Crippen molar-refractivity contribution in [3.05, 3.63) is 0 Å². The van der Waals surface area contributed by atoms with Gasteiger partial charge in [-0.3, -0.25) is 4.90 Å². The van der Waals surface area contributed by atoms with Gasteiger partial charge >= 0.3 is 0 Å². The first kappa shape index (κ1) is 9.96. The lowest BCUT2D eigenvalue weighted by Crippen LogP contribution is -2.55. The number of hydrogen-bond donors (Lipinski definition) is 2. The highest BCUT2D eigenvalue weighted by Gasteiger charge is 2.26. The maximum absolute atomic E-state index is 9.08. The van der Waals surface area contributed by atoms with E-state index in [9.17, 15) is 0 Å². The highest BCUT2D eigenvalue weighted by molar-refractivity contribution is 4.83. The number of hydrogen-bond acceptors (Lipinski definition) is 3. The van der Waals surface area contributed by atoms with Gasteiger partial charge in [-0.15, -0.1) is 0 Å². The minimum Gasteiger partial charge on any atom is -0.390 e. The first-order valence-electron chi connectivity index (χ1n) is 4.71. The molecule has 0 unspecified atom stereocenters. The second-order valence-electron chi connectivity index (χ2n) is 4.01. The van der Waals surface area contributed by atoms with Crippen LogP contribution < -0.4 is 5.32 Å². The van der Waals surface area contributed by atoms with Gasteiger partial charge in [-0.1, -0.05) is 13.8 Å². The molecule has 1 aliphatic rings. The van der Waals surface area contributed by atoms with Gasteiger partial charge in [0.2, 0.25) is 0 Å². The summed E-state index contributed by atoms with van der Waals surface area (Å²) in [5.41, 5.74) is 0. The summed E-state index contributed by atoms with van der Waals surface area (Å²) in [6.07, 6.45) is -0.0744. The van der Waals surface area contributed by atoms with Crippen LogP contribution in [0.4, 0.5) is 0 Å². The number of aliphatic hydroxyl groups excluding tert-OH is 1. The normalized spacial score (nSPS) is 22.8. The third-order valence-electron chi connectivity index (χ3n) is 2.57. The zero-order valence-corrected chi connectivity index (χ0v) is 8.25. The fourth-order valence-corrected chi connectivity index (χ4v) is 1.61. The Bertz CT molecular complexity index is 132. The summed E-state index contributed by atoms with van der Waals surface area (Å²) >= 11 is 0. The molecule has 0 spiro atoms. The summed E-state index contributed by atoms with van der Waals surface area (Å²) < 4.78 is 0. The summed E-state index contributed by atoms with van der Waals surface area (Å²) in [4.78, 5) is 2.28. The lowest BCUT2D eigenvalue weighted by Gasteiger charge is -2.39. The van der Waals surface area contributed by atoms with E-state index in [2.05, 4.69) is 24.1 Å². The van der Waals surface area contributed by atoms with E-state index in [0.717, 1.165) is 19.6 Å². The molecule has 3 heteroatoms. The Morgan fingerprint density at radius 3 is 2.42 bits per heavy atom. The monoisotopic (exact) mass is 172 g/mol. The van der Waals surface area contributed by atoms with Crippen LogP contribution in [0.1, 0.15) is 13.8 Å². The molecule has 1 saturated heterocycles. The van der Waals surface area contributed by atoms with Crippen LogP contribution in [0.25, 0.3) is 0 Å². The van der Waals surface area contributed by atoms with Crippen LogP contribution in [0.5, 0.6) is 0 Å². The van der Waals surface area contributed by atoms with Gasteiger partial charge in [-0.05, 0) is 13.0 Å². The summed E-state index contributed by atoms with van der Waals surface area (Å²) in [5, 5.41) is 12.4. The smallest absolute Gasteiger partial charge is 0.0793 e. The Morgan fingerprint density at radius 2 is 2.08 bits per heavy atom. The molecule has 0 aromatic heterocycles. The van der Waals surface area contributed by atoms with Gasteiger partial charge in [-0.2, -0.15) is 0 Å². The molecule has 1 rings (SSSR count). The molecule has 1 fully saturated rings. The van der Waals surface area contributed by atoms with Gasteiger partial charge in [0.15, 0.2) is 0 Å². The molecular formula is C9H20N2O. The van der Waals surface area contributed by atoms with Crippen LogP contribution >= 0.6 is 0 Å². The predicted molar refractivity (Wildman–Crippen MR) is 50.1 cm³/mol. The van der Waals surface area contributed by atoms with Crippen molar-refractivity contribution in [2.24, 2.45) is 5.92 Å². The summed E-state index contributed by atoms with van der Waals surface area (Å²) in [5.74, 6) is 0.660. The largest absolute Gasteiger partial charge is 0.390 e. The van der Waals surface area contributed by atoms with Gasteiger partial charge in [0, 0.05) is 25.7 Å². The Kier molecular flexibility index (Phi) is 3.50. The van der Waals surface area contributed by atoms with E-state index in [1.165, 1.54) is 0 Å². The van der Waals surface area contributed by atoms with E-state index >= 15 is 0 Å². The molecule has 1 atom stereocenters. The number of likely N-dealkylation sites (tertiary alicyclic amines) is 1. The van der Waals surface area contributed by atoms with Gasteiger partial charge in [0.25, 0.3) is 0 Å². The molecule has 72 valence electrons. The summed E-state index contributed by atoms with van der Waals surface area (Å²) in [6.45, 7) is 7.20. The Labute approximate surface area is 74.8 Å². The Balaban J connectivity index is 2.19. The molecule has 0 amide bonds. The minimum absolute atomic E-state index is 0.0744. The third-order valence-corrected chi connectivity index (χ3v) is 2.57. The van der Waals surface area contributed by atoms with Crippen molar-refractivity contribution in [3.8, 4) is 0 Å². The van der Waals surface area contributed by atoms with E-state index < -0.39 is 0 Å². The van der Waals surface area contributed by atoms with E-state index in [-0.39, 0.29) is 6.10 Å². The van der Waals surface area contributed by atoms with E-state index in [1.807, 2.05) is 7.05 Å². The highest BCUT2D eigenvalue weighted by atomic mass is 16.3. The van der Waals surface area contributed by atoms with Crippen molar-refractivity contribution in [1.29, 1.82) is 0 Å². The predicted octanol–water partition coefficient (Wildman–Crippen LogP) is -0.0931. The topological polar surface area (TPSA) is 35.5 Å². The second-order valence-corrected chi connectivity index (χ2v) is 4.01. The number of rotatable bonds is 4. The first-order valence-corrected chi connectivity index (χ1v) is 4.71. The number of likely N-dealkylation sites (N-methyl/N-ethyl adjacent to an activating group) is 1. The van der Waals surface area contributed by atoms with Crippen molar-refractivity contribution in [3.63, 3.8) is 0 Å². The number of β-amino-alcohol motifs (C(OH)–C–C–N with tert-alkyl or cyclic N) is 1. The molecule has 0 radical (unpaired) electrons. The van der Waals surface area contributed by atoms with Crippen molar-refractivity contribution in [1.82, 2.24) is 10.2 Å². The molecule has 0 saturated carbocycles. The second kappa shape index (κ2) is 4.21. The van der Waals surface area contributed by atoms with Crippen LogP contribution in [0, 0.1) is 5.92 Å². The van der Waals surface area contributed by atoms with Crippen LogP contribution in [-0.2, 0) is 0 Å². The molecular weight excluding hydrogens is 152 g/mol. The zero-order valence-electron chi connectivity index (χ0n) is 8.25. The zero-order chi connectivity index (χ0) is 9.14. The average Bonchev–Trinajstić information content (AvgIpc) is 1.95. The van der Waals surface area contributed by atoms with E-state index in [1.54, 1.807) is 0 Å². The molecule has 3 nitrogen and oxygen atoms in total. The molecule has 1 aliphatic heterocycles. The van der Waals surface area contributed by atoms with Crippen LogP contribution in [0.2, 0.25) is 0 Å². The Hall–Kier alpha value is -0.120. The lowest BCUT2D eigenvalue weighted by atomic mass is 10.0. The molecule has 0 aliphatic carbocycles. The maximum Gasteiger partial charge on any atom is 0.0793 e. The minimum atomic E-state index is -0.0744. The molecule has 0 aromatic carbocycles. The highest BCUT2D eigenvalue weighted by Crippen LogP contribution is 2.10. The fourth-order valence-electron chi connectivity index (χ4n) is 1.61. The number of nitrogens with one attached hydrogen (secondary N) is 1. The van der Waals surface area contributed by atoms with Crippen molar-refractivity contribution in [2.45, 2.75) is 26.0 Å². The van der Waals surface area contributed by atoms with E-state index in [4.69, 9.17) is 5.11 Å². The first-order chi connectivity index (χ1) is 5.63. The van der Waals surface area contributed by atoms with E-state index in [0.29, 0.717) is 12.0 Å². The van der Waals surface area contributed by atoms with Crippen molar-refractivity contribution >= 4 is 0 Å². The quantitative estimate of drug-likeness (QED) is 0.622. The maximum atomic E-state index is 9.08. The van der Waals surface area contributed by atoms with Crippen molar-refractivity contribution in [2.75, 3.05) is 26.7 Å². The number of aliphatic hydroxyl groups is 1. The van der Waals surface area contributed by atoms with Gasteiger partial charge in [-0.25, -0.2) is 0 Å². The molecule has 2 N–H and O–H groups in total. The van der Waals surface area contributed by atoms with Crippen LogP contribution in [0.15, 0.2) is 0 Å². The molecule has 0 aromatic rings. The molecule has 1 heterocycles.